The van der Waals surface area contributed by atoms with Crippen molar-refractivity contribution in [3.63, 3.8) is 0 Å². The Bertz CT molecular complexity index is 490. The Balaban J connectivity index is 1.99. The lowest BCUT2D eigenvalue weighted by molar-refractivity contribution is 0.566. The first-order valence-electron chi connectivity index (χ1n) is 6.37. The average molecular weight is 244 g/mol. The highest BCUT2D eigenvalue weighted by molar-refractivity contribution is 5.20. The van der Waals surface area contributed by atoms with Gasteiger partial charge in [0.2, 0.25) is 0 Å². The minimum absolute atomic E-state index is 0.297. The largest absolute Gasteiger partial charge is 0.306 e. The number of rotatable bonds is 5. The highest BCUT2D eigenvalue weighted by Crippen LogP contribution is 2.17. The summed E-state index contributed by atoms with van der Waals surface area (Å²) in [6.07, 6.45) is 5.64. The zero-order chi connectivity index (χ0) is 13.0. The van der Waals surface area contributed by atoms with Crippen LogP contribution in [0.5, 0.6) is 0 Å². The van der Waals surface area contributed by atoms with Crippen molar-refractivity contribution in [2.75, 3.05) is 0 Å². The third kappa shape index (κ3) is 2.76. The van der Waals surface area contributed by atoms with Crippen LogP contribution in [0.15, 0.2) is 30.7 Å². The topological polar surface area (TPSA) is 42.7 Å². The molecule has 2 rings (SSSR count). The molecule has 0 aliphatic carbocycles. The molecule has 0 spiro atoms. The van der Waals surface area contributed by atoms with Gasteiger partial charge in [-0.1, -0.05) is 6.07 Å². The lowest BCUT2D eigenvalue weighted by atomic mass is 10.1. The van der Waals surface area contributed by atoms with Crippen molar-refractivity contribution in [3.05, 3.63) is 47.5 Å². The molecule has 96 valence electrons. The highest BCUT2D eigenvalue weighted by atomic mass is 15.3. The predicted molar refractivity (Wildman–Crippen MR) is 72.1 cm³/mol. The molecule has 1 atom stereocenters. The van der Waals surface area contributed by atoms with E-state index in [0.29, 0.717) is 6.04 Å². The molecule has 0 radical (unpaired) electrons. The van der Waals surface area contributed by atoms with Gasteiger partial charge >= 0.3 is 0 Å². The first-order chi connectivity index (χ1) is 8.72. The smallest absolute Gasteiger partial charge is 0.0540 e. The van der Waals surface area contributed by atoms with E-state index in [1.54, 1.807) is 6.20 Å². The van der Waals surface area contributed by atoms with Gasteiger partial charge in [-0.25, -0.2) is 0 Å². The zero-order valence-corrected chi connectivity index (χ0v) is 11.2. The fraction of sp³-hybridized carbons (Fsp3) is 0.429. The van der Waals surface area contributed by atoms with E-state index >= 15 is 0 Å². The van der Waals surface area contributed by atoms with E-state index in [0.717, 1.165) is 13.1 Å². The molecule has 1 unspecified atom stereocenters. The molecule has 0 bridgehead atoms. The van der Waals surface area contributed by atoms with Crippen LogP contribution in [0.2, 0.25) is 0 Å². The molecule has 1 N–H and O–H groups in total. The summed E-state index contributed by atoms with van der Waals surface area (Å²) in [5.41, 5.74) is 3.70. The summed E-state index contributed by atoms with van der Waals surface area (Å²) in [7, 11) is 0. The Hall–Kier alpha value is -1.68. The van der Waals surface area contributed by atoms with Gasteiger partial charge in [0, 0.05) is 42.8 Å². The number of nitrogens with zero attached hydrogens (tertiary/aromatic N) is 3. The van der Waals surface area contributed by atoms with E-state index < -0.39 is 0 Å². The molecule has 2 aromatic rings. The lowest BCUT2D eigenvalue weighted by Gasteiger charge is -2.13. The number of pyridine rings is 1. The number of aromatic nitrogens is 3. The van der Waals surface area contributed by atoms with Gasteiger partial charge in [0.05, 0.1) is 6.20 Å². The maximum atomic E-state index is 4.37. The molecule has 0 amide bonds. The van der Waals surface area contributed by atoms with E-state index in [1.165, 1.54) is 16.8 Å². The summed E-state index contributed by atoms with van der Waals surface area (Å²) in [5, 5.41) is 7.87. The molecule has 4 heteroatoms. The third-order valence-corrected chi connectivity index (χ3v) is 3.24. The summed E-state index contributed by atoms with van der Waals surface area (Å²) < 4.78 is 2.03. The molecule has 2 heterocycles. The fourth-order valence-electron chi connectivity index (χ4n) is 2.09. The van der Waals surface area contributed by atoms with Crippen molar-refractivity contribution in [3.8, 4) is 0 Å². The maximum absolute atomic E-state index is 4.37. The Kier molecular flexibility index (Phi) is 4.10. The van der Waals surface area contributed by atoms with Gasteiger partial charge in [0.25, 0.3) is 0 Å². The minimum Gasteiger partial charge on any atom is -0.306 e. The number of hydrogen-bond acceptors (Lipinski definition) is 3. The van der Waals surface area contributed by atoms with E-state index in [2.05, 4.69) is 42.2 Å². The van der Waals surface area contributed by atoms with Gasteiger partial charge in [-0.3, -0.25) is 9.67 Å². The lowest BCUT2D eigenvalue weighted by Crippen LogP contribution is -2.18. The first kappa shape index (κ1) is 12.8. The summed E-state index contributed by atoms with van der Waals surface area (Å²) in [5.74, 6) is 0. The molecule has 0 fully saturated rings. The van der Waals surface area contributed by atoms with Gasteiger partial charge in [0.1, 0.15) is 0 Å². The van der Waals surface area contributed by atoms with Crippen molar-refractivity contribution in [1.29, 1.82) is 0 Å². The van der Waals surface area contributed by atoms with Crippen molar-refractivity contribution in [2.24, 2.45) is 0 Å². The molecular weight excluding hydrogens is 224 g/mol. The Morgan fingerprint density at radius 3 is 2.83 bits per heavy atom. The van der Waals surface area contributed by atoms with Crippen molar-refractivity contribution >= 4 is 0 Å². The van der Waals surface area contributed by atoms with Crippen LogP contribution >= 0.6 is 0 Å². The van der Waals surface area contributed by atoms with Crippen molar-refractivity contribution < 1.29 is 0 Å². The molecule has 0 aliphatic heterocycles. The van der Waals surface area contributed by atoms with Gasteiger partial charge < -0.3 is 5.32 Å². The second-order valence-electron chi connectivity index (χ2n) is 4.46. The zero-order valence-electron chi connectivity index (χ0n) is 11.2. The fourth-order valence-corrected chi connectivity index (χ4v) is 2.09. The molecule has 18 heavy (non-hydrogen) atoms. The molecule has 4 nitrogen and oxygen atoms in total. The van der Waals surface area contributed by atoms with Crippen LogP contribution in [0.25, 0.3) is 0 Å². The van der Waals surface area contributed by atoms with Gasteiger partial charge in [-0.15, -0.1) is 0 Å². The summed E-state index contributed by atoms with van der Waals surface area (Å²) >= 11 is 0. The quantitative estimate of drug-likeness (QED) is 0.878. The summed E-state index contributed by atoms with van der Waals surface area (Å²) in [6, 6.07) is 4.34. The van der Waals surface area contributed by atoms with E-state index in [1.807, 2.05) is 23.1 Å². The van der Waals surface area contributed by atoms with Crippen LogP contribution in [0.3, 0.4) is 0 Å². The van der Waals surface area contributed by atoms with E-state index in [-0.39, 0.29) is 0 Å². The monoisotopic (exact) mass is 244 g/mol. The standard InChI is InChI=1S/C14H20N4/c1-4-18-12(3)14(10-17-18)11(2)16-9-13-6-5-7-15-8-13/h5-8,10-11,16H,4,9H2,1-3H3. The van der Waals surface area contributed by atoms with Crippen LogP contribution in [-0.2, 0) is 13.1 Å². The van der Waals surface area contributed by atoms with Crippen molar-refractivity contribution in [1.82, 2.24) is 20.1 Å². The van der Waals surface area contributed by atoms with E-state index in [4.69, 9.17) is 0 Å². The molecule has 0 aromatic carbocycles. The second kappa shape index (κ2) is 5.78. The van der Waals surface area contributed by atoms with Gasteiger partial charge in [-0.2, -0.15) is 5.10 Å². The Labute approximate surface area is 108 Å². The third-order valence-electron chi connectivity index (χ3n) is 3.24. The number of hydrogen-bond donors (Lipinski definition) is 1. The first-order valence-corrected chi connectivity index (χ1v) is 6.37. The molecule has 2 aromatic heterocycles. The van der Waals surface area contributed by atoms with Gasteiger partial charge in [-0.05, 0) is 32.4 Å². The molecule has 0 saturated heterocycles. The normalized spacial score (nSPS) is 12.6. The predicted octanol–water partition coefficient (Wildman–Crippen LogP) is 2.46. The Morgan fingerprint density at radius 1 is 1.39 bits per heavy atom. The van der Waals surface area contributed by atoms with Crippen LogP contribution in [-0.4, -0.2) is 14.8 Å². The number of nitrogens with one attached hydrogen (secondary N) is 1. The number of aryl methyl sites for hydroxylation is 1. The average Bonchev–Trinajstić information content (AvgIpc) is 2.78. The highest BCUT2D eigenvalue weighted by Gasteiger charge is 2.12. The molecule has 0 saturated carbocycles. The van der Waals surface area contributed by atoms with Crippen LogP contribution in [0.4, 0.5) is 0 Å². The van der Waals surface area contributed by atoms with E-state index in [9.17, 15) is 0 Å². The van der Waals surface area contributed by atoms with Crippen LogP contribution < -0.4 is 5.32 Å². The minimum atomic E-state index is 0.297. The van der Waals surface area contributed by atoms with Crippen molar-refractivity contribution in [2.45, 2.75) is 39.9 Å². The SMILES string of the molecule is CCn1ncc(C(C)NCc2cccnc2)c1C. The van der Waals surface area contributed by atoms with Gasteiger partial charge in [0.15, 0.2) is 0 Å². The Morgan fingerprint density at radius 2 is 2.22 bits per heavy atom. The van der Waals surface area contributed by atoms with Crippen LogP contribution in [0, 0.1) is 6.92 Å². The second-order valence-corrected chi connectivity index (χ2v) is 4.46. The van der Waals surface area contributed by atoms with Crippen LogP contribution in [0.1, 0.15) is 36.7 Å². The molecular formula is C14H20N4. The summed E-state index contributed by atoms with van der Waals surface area (Å²) in [4.78, 5) is 4.11. The maximum Gasteiger partial charge on any atom is 0.0540 e. The summed E-state index contributed by atoms with van der Waals surface area (Å²) in [6.45, 7) is 8.14. The molecule has 0 aliphatic rings.